The first kappa shape index (κ1) is 19.8. The van der Waals surface area contributed by atoms with Crippen LogP contribution in [0, 0.1) is 0 Å². The Morgan fingerprint density at radius 2 is 1.76 bits per heavy atom. The molecular weight excluding hydrogens is 429 g/mol. The van der Waals surface area contributed by atoms with E-state index in [0.29, 0.717) is 15.0 Å². The molecule has 29 heavy (non-hydrogen) atoms. The fraction of sp³-hybridized carbons (Fsp3) is 0.0909. The summed E-state index contributed by atoms with van der Waals surface area (Å²) in [5, 5.41) is 2.39. The predicted octanol–water partition coefficient (Wildman–Crippen LogP) is 6.39. The van der Waals surface area contributed by atoms with E-state index < -0.39 is 0 Å². The number of rotatable bonds is 4. The standard InChI is InChI=1S/C22H15Cl2NO3S/c1-28-19-9-7-14(15-4-2-3-5-16(15)19)11-20-21(26)25(22(27)29-20)12-13-6-8-17(23)18(24)10-13/h2-11H,12H2,1H3/b20-11-. The van der Waals surface area contributed by atoms with Crippen LogP contribution >= 0.6 is 35.0 Å². The van der Waals surface area contributed by atoms with Crippen LogP contribution in [0.3, 0.4) is 0 Å². The number of methoxy groups -OCH3 is 1. The highest BCUT2D eigenvalue weighted by Gasteiger charge is 2.35. The topological polar surface area (TPSA) is 46.6 Å². The first-order valence-electron chi connectivity index (χ1n) is 8.73. The third-order valence-electron chi connectivity index (χ3n) is 4.62. The molecule has 4 nitrogen and oxygen atoms in total. The van der Waals surface area contributed by atoms with E-state index in [9.17, 15) is 9.59 Å². The molecule has 0 bridgehead atoms. The molecule has 4 rings (SSSR count). The zero-order valence-electron chi connectivity index (χ0n) is 15.3. The van der Waals surface area contributed by atoms with Crippen molar-refractivity contribution in [3.05, 3.63) is 80.7 Å². The number of halogens is 2. The van der Waals surface area contributed by atoms with Gasteiger partial charge in [-0.15, -0.1) is 0 Å². The van der Waals surface area contributed by atoms with Gasteiger partial charge in [0.05, 0.1) is 28.6 Å². The molecule has 0 aromatic heterocycles. The van der Waals surface area contributed by atoms with E-state index >= 15 is 0 Å². The highest BCUT2D eigenvalue weighted by atomic mass is 35.5. The maximum Gasteiger partial charge on any atom is 0.293 e. The lowest BCUT2D eigenvalue weighted by atomic mass is 10.0. The third kappa shape index (κ3) is 3.86. The Morgan fingerprint density at radius 3 is 2.48 bits per heavy atom. The number of amides is 2. The fourth-order valence-electron chi connectivity index (χ4n) is 3.20. The second-order valence-corrected chi connectivity index (χ2v) is 8.23. The minimum atomic E-state index is -0.328. The average molecular weight is 444 g/mol. The van der Waals surface area contributed by atoms with Gasteiger partial charge in [-0.2, -0.15) is 0 Å². The summed E-state index contributed by atoms with van der Waals surface area (Å²) in [6.45, 7) is 0.141. The molecule has 3 aromatic rings. The van der Waals surface area contributed by atoms with Gasteiger partial charge in [0.1, 0.15) is 5.75 Å². The average Bonchev–Trinajstić information content (AvgIpc) is 2.98. The first-order valence-corrected chi connectivity index (χ1v) is 10.3. The van der Waals surface area contributed by atoms with Crippen LogP contribution in [-0.2, 0) is 11.3 Å². The number of benzene rings is 3. The maximum absolute atomic E-state index is 12.9. The molecule has 7 heteroatoms. The van der Waals surface area contributed by atoms with Crippen LogP contribution in [0.5, 0.6) is 5.75 Å². The van der Waals surface area contributed by atoms with Crippen molar-refractivity contribution in [3.63, 3.8) is 0 Å². The zero-order chi connectivity index (χ0) is 20.5. The minimum Gasteiger partial charge on any atom is -0.496 e. The SMILES string of the molecule is COc1ccc(/C=C2\SC(=O)N(Cc3ccc(Cl)c(Cl)c3)C2=O)c2ccccc12. The summed E-state index contributed by atoms with van der Waals surface area (Å²) in [5.41, 5.74) is 1.58. The molecule has 2 amide bonds. The fourth-order valence-corrected chi connectivity index (χ4v) is 4.35. The lowest BCUT2D eigenvalue weighted by molar-refractivity contribution is -0.123. The summed E-state index contributed by atoms with van der Waals surface area (Å²) >= 11 is 12.9. The number of hydrogen-bond donors (Lipinski definition) is 0. The van der Waals surface area contributed by atoms with E-state index in [1.54, 1.807) is 31.4 Å². The second-order valence-electron chi connectivity index (χ2n) is 6.42. The molecule has 146 valence electrons. The lowest BCUT2D eigenvalue weighted by Gasteiger charge is -2.13. The maximum atomic E-state index is 12.9. The van der Waals surface area contributed by atoms with Crippen molar-refractivity contribution in [1.82, 2.24) is 4.90 Å². The summed E-state index contributed by atoms with van der Waals surface area (Å²) in [6, 6.07) is 16.6. The monoisotopic (exact) mass is 443 g/mol. The number of fused-ring (bicyclic) bond motifs is 1. The van der Waals surface area contributed by atoms with Crippen LogP contribution in [0.2, 0.25) is 10.0 Å². The highest BCUT2D eigenvalue weighted by molar-refractivity contribution is 8.18. The smallest absolute Gasteiger partial charge is 0.293 e. The molecule has 1 aliphatic heterocycles. The van der Waals surface area contributed by atoms with Crippen molar-refractivity contribution in [1.29, 1.82) is 0 Å². The molecule has 3 aromatic carbocycles. The van der Waals surface area contributed by atoms with Crippen LogP contribution in [0.1, 0.15) is 11.1 Å². The van der Waals surface area contributed by atoms with Crippen molar-refractivity contribution in [2.24, 2.45) is 0 Å². The van der Waals surface area contributed by atoms with Crippen molar-refractivity contribution in [2.75, 3.05) is 7.11 Å². The number of ether oxygens (including phenoxy) is 1. The molecule has 1 heterocycles. The van der Waals surface area contributed by atoms with Crippen molar-refractivity contribution >= 4 is 63.0 Å². The second kappa shape index (κ2) is 8.11. The van der Waals surface area contributed by atoms with Gasteiger partial charge in [0.2, 0.25) is 0 Å². The Morgan fingerprint density at radius 1 is 1.00 bits per heavy atom. The van der Waals surface area contributed by atoms with Crippen molar-refractivity contribution in [3.8, 4) is 5.75 Å². The Kier molecular flexibility index (Phi) is 5.54. The van der Waals surface area contributed by atoms with E-state index in [1.807, 2.05) is 36.4 Å². The molecule has 1 saturated heterocycles. The van der Waals surface area contributed by atoms with E-state index in [4.69, 9.17) is 27.9 Å². The van der Waals surface area contributed by atoms with Gasteiger partial charge in [-0.1, -0.05) is 59.6 Å². The molecule has 1 fully saturated rings. The molecule has 0 atom stereocenters. The summed E-state index contributed by atoms with van der Waals surface area (Å²) < 4.78 is 5.42. The van der Waals surface area contributed by atoms with Crippen molar-refractivity contribution < 1.29 is 14.3 Å². The van der Waals surface area contributed by atoms with Crippen LogP contribution in [0.15, 0.2) is 59.5 Å². The van der Waals surface area contributed by atoms with Gasteiger partial charge < -0.3 is 4.74 Å². The van der Waals surface area contributed by atoms with Gasteiger partial charge in [-0.3, -0.25) is 14.5 Å². The van der Waals surface area contributed by atoms with Gasteiger partial charge in [-0.05, 0) is 52.6 Å². The van der Waals surface area contributed by atoms with Crippen LogP contribution in [-0.4, -0.2) is 23.2 Å². The first-order chi connectivity index (χ1) is 14.0. The summed E-state index contributed by atoms with van der Waals surface area (Å²) in [5.74, 6) is 0.427. The molecule has 0 aliphatic carbocycles. The Labute approximate surface area is 182 Å². The highest BCUT2D eigenvalue weighted by Crippen LogP contribution is 2.36. The molecular formula is C22H15Cl2NO3S. The number of thioether (sulfide) groups is 1. The van der Waals surface area contributed by atoms with E-state index in [0.717, 1.165) is 39.4 Å². The van der Waals surface area contributed by atoms with Crippen LogP contribution < -0.4 is 4.74 Å². The number of carbonyl (C=O) groups is 2. The Bertz CT molecular complexity index is 1180. The number of nitrogens with zero attached hydrogens (tertiary/aromatic N) is 1. The molecule has 0 N–H and O–H groups in total. The quantitative estimate of drug-likeness (QED) is 0.438. The molecule has 0 radical (unpaired) electrons. The third-order valence-corrected chi connectivity index (χ3v) is 6.27. The zero-order valence-corrected chi connectivity index (χ0v) is 17.6. The van der Waals surface area contributed by atoms with Crippen molar-refractivity contribution in [2.45, 2.75) is 6.54 Å². The van der Waals surface area contributed by atoms with E-state index in [2.05, 4.69) is 0 Å². The van der Waals surface area contributed by atoms with Gasteiger partial charge >= 0.3 is 0 Å². The van der Waals surface area contributed by atoms with Crippen LogP contribution in [0.25, 0.3) is 16.8 Å². The predicted molar refractivity (Wildman–Crippen MR) is 118 cm³/mol. The molecule has 0 unspecified atom stereocenters. The number of imide groups is 1. The molecule has 0 spiro atoms. The van der Waals surface area contributed by atoms with Gasteiger partial charge in [0.25, 0.3) is 11.1 Å². The molecule has 1 aliphatic rings. The van der Waals surface area contributed by atoms with Crippen LogP contribution in [0.4, 0.5) is 4.79 Å². The summed E-state index contributed by atoms with van der Waals surface area (Å²) in [7, 11) is 1.62. The van der Waals surface area contributed by atoms with E-state index in [-0.39, 0.29) is 17.7 Å². The van der Waals surface area contributed by atoms with E-state index in [1.165, 1.54) is 4.90 Å². The van der Waals surface area contributed by atoms with Gasteiger partial charge in [0.15, 0.2) is 0 Å². The Balaban J connectivity index is 1.66. The lowest BCUT2D eigenvalue weighted by Crippen LogP contribution is -2.27. The van der Waals surface area contributed by atoms with Gasteiger partial charge in [0, 0.05) is 5.39 Å². The normalized spacial score (nSPS) is 15.6. The summed E-state index contributed by atoms with van der Waals surface area (Å²) in [4.78, 5) is 26.9. The number of hydrogen-bond acceptors (Lipinski definition) is 4. The molecule has 0 saturated carbocycles. The Hall–Kier alpha value is -2.47. The largest absolute Gasteiger partial charge is 0.496 e. The minimum absolute atomic E-state index is 0.141. The van der Waals surface area contributed by atoms with Gasteiger partial charge in [-0.25, -0.2) is 0 Å². The number of carbonyl (C=O) groups excluding carboxylic acids is 2. The summed E-state index contributed by atoms with van der Waals surface area (Å²) in [6.07, 6.45) is 1.75.